The van der Waals surface area contributed by atoms with Crippen molar-refractivity contribution in [2.45, 2.75) is 13.0 Å². The smallest absolute Gasteiger partial charge is 0.215 e. The summed E-state index contributed by atoms with van der Waals surface area (Å²) in [6, 6.07) is 6.71. The van der Waals surface area contributed by atoms with Crippen LogP contribution < -0.4 is 15.2 Å². The van der Waals surface area contributed by atoms with Crippen molar-refractivity contribution < 1.29 is 13.2 Å². The Morgan fingerprint density at radius 3 is 2.45 bits per heavy atom. The number of sulfonamides is 1. The molecule has 20 heavy (non-hydrogen) atoms. The zero-order valence-electron chi connectivity index (χ0n) is 12.2. The van der Waals surface area contributed by atoms with Crippen molar-refractivity contribution in [1.82, 2.24) is 9.62 Å². The molecule has 0 saturated heterocycles. The summed E-state index contributed by atoms with van der Waals surface area (Å²) in [7, 11) is 0.465. The Morgan fingerprint density at radius 1 is 1.30 bits per heavy atom. The largest absolute Gasteiger partial charge is 0.492 e. The maximum Gasteiger partial charge on any atom is 0.215 e. The van der Waals surface area contributed by atoms with Gasteiger partial charge in [-0.3, -0.25) is 0 Å². The molecule has 0 heterocycles. The number of hydrogen-bond acceptors (Lipinski definition) is 5. The van der Waals surface area contributed by atoms with Crippen LogP contribution in [0.25, 0.3) is 0 Å². The lowest BCUT2D eigenvalue weighted by Gasteiger charge is -2.18. The first-order valence-electron chi connectivity index (χ1n) is 6.41. The highest BCUT2D eigenvalue weighted by Crippen LogP contribution is 2.12. The van der Waals surface area contributed by atoms with Crippen molar-refractivity contribution >= 4 is 15.7 Å². The van der Waals surface area contributed by atoms with Crippen molar-refractivity contribution in [3.8, 4) is 5.75 Å². The van der Waals surface area contributed by atoms with Gasteiger partial charge < -0.3 is 15.4 Å². The number of rotatable bonds is 8. The van der Waals surface area contributed by atoms with Crippen molar-refractivity contribution in [3.05, 3.63) is 24.3 Å². The Labute approximate surface area is 121 Å². The highest BCUT2D eigenvalue weighted by atomic mass is 32.2. The molecule has 1 rings (SSSR count). The van der Waals surface area contributed by atoms with Gasteiger partial charge in [0.15, 0.2) is 0 Å². The second kappa shape index (κ2) is 7.47. The fourth-order valence-corrected chi connectivity index (χ4v) is 2.89. The average Bonchev–Trinajstić information content (AvgIpc) is 2.29. The van der Waals surface area contributed by atoms with Crippen LogP contribution in [-0.2, 0) is 10.0 Å². The van der Waals surface area contributed by atoms with Gasteiger partial charge >= 0.3 is 0 Å². The Balaban J connectivity index is 2.38. The molecule has 0 aliphatic heterocycles. The minimum atomic E-state index is -3.33. The molecule has 0 aromatic heterocycles. The van der Waals surface area contributed by atoms with E-state index in [1.807, 2.05) is 25.9 Å². The lowest BCUT2D eigenvalue weighted by atomic mass is 10.3. The van der Waals surface area contributed by atoms with Crippen LogP contribution in [0, 0.1) is 0 Å². The molecule has 0 bridgehead atoms. The van der Waals surface area contributed by atoms with Gasteiger partial charge in [0, 0.05) is 18.3 Å². The van der Waals surface area contributed by atoms with Gasteiger partial charge in [0.2, 0.25) is 10.0 Å². The molecule has 0 aliphatic rings. The van der Waals surface area contributed by atoms with Crippen LogP contribution >= 0.6 is 0 Å². The van der Waals surface area contributed by atoms with Crippen LogP contribution in [0.4, 0.5) is 5.69 Å². The summed E-state index contributed by atoms with van der Waals surface area (Å²) in [5, 5.41) is 0. The number of hydrogen-bond donors (Lipinski definition) is 2. The number of ether oxygens (including phenoxy) is 1. The Kier molecular flexibility index (Phi) is 6.25. The van der Waals surface area contributed by atoms with Crippen LogP contribution in [0.2, 0.25) is 0 Å². The molecule has 6 nitrogen and oxygen atoms in total. The van der Waals surface area contributed by atoms with Gasteiger partial charge in [-0.1, -0.05) is 0 Å². The monoisotopic (exact) mass is 301 g/mol. The molecule has 114 valence electrons. The van der Waals surface area contributed by atoms with Crippen molar-refractivity contribution in [2.24, 2.45) is 0 Å². The van der Waals surface area contributed by atoms with E-state index in [9.17, 15) is 8.42 Å². The van der Waals surface area contributed by atoms with Crippen LogP contribution in [0.3, 0.4) is 0 Å². The molecule has 1 unspecified atom stereocenters. The molecule has 0 aliphatic carbocycles. The number of nitrogens with one attached hydrogen (secondary N) is 1. The maximum absolute atomic E-state index is 11.8. The molecule has 0 amide bonds. The van der Waals surface area contributed by atoms with E-state index in [4.69, 9.17) is 10.5 Å². The van der Waals surface area contributed by atoms with Crippen molar-refractivity contribution in [3.63, 3.8) is 0 Å². The molecule has 0 radical (unpaired) electrons. The minimum Gasteiger partial charge on any atom is -0.492 e. The fourth-order valence-electron chi connectivity index (χ4n) is 1.78. The topological polar surface area (TPSA) is 84.7 Å². The number of benzene rings is 1. The first-order valence-corrected chi connectivity index (χ1v) is 8.07. The zero-order chi connectivity index (χ0) is 15.2. The van der Waals surface area contributed by atoms with Gasteiger partial charge in [-0.25, -0.2) is 13.1 Å². The van der Waals surface area contributed by atoms with E-state index >= 15 is 0 Å². The lowest BCUT2D eigenvalue weighted by Crippen LogP contribution is -2.41. The predicted octanol–water partition coefficient (Wildman–Crippen LogP) is 0.517. The van der Waals surface area contributed by atoms with Crippen LogP contribution in [0.15, 0.2) is 24.3 Å². The third-order valence-corrected chi connectivity index (χ3v) is 3.99. The molecule has 1 aromatic carbocycles. The number of anilines is 1. The number of nitrogens with zero attached hydrogens (tertiary/aromatic N) is 1. The molecule has 3 N–H and O–H groups in total. The summed E-state index contributed by atoms with van der Waals surface area (Å²) in [5.74, 6) is 0.533. The second-order valence-corrected chi connectivity index (χ2v) is 6.89. The molecule has 0 fully saturated rings. The lowest BCUT2D eigenvalue weighted by molar-refractivity contribution is 0.338. The SMILES string of the molecule is CC(CN(C)C)NS(=O)(=O)CCOc1ccc(N)cc1. The number of nitrogens with two attached hydrogens (primary N) is 1. The molecule has 0 saturated carbocycles. The quantitative estimate of drug-likeness (QED) is 0.684. The van der Waals surface area contributed by atoms with Crippen molar-refractivity contribution in [1.29, 1.82) is 0 Å². The maximum atomic E-state index is 11.8. The first-order chi connectivity index (χ1) is 9.28. The second-order valence-electron chi connectivity index (χ2n) is 5.02. The first kappa shape index (κ1) is 16.7. The molecular formula is C13H23N3O3S. The fraction of sp³-hybridized carbons (Fsp3) is 0.538. The van der Waals surface area contributed by atoms with Crippen LogP contribution in [0.1, 0.15) is 6.92 Å². The number of likely N-dealkylation sites (N-methyl/N-ethyl adjacent to an activating group) is 1. The van der Waals surface area contributed by atoms with Crippen LogP contribution in [-0.4, -0.2) is 52.4 Å². The summed E-state index contributed by atoms with van der Waals surface area (Å²) >= 11 is 0. The van der Waals surface area contributed by atoms with Crippen LogP contribution in [0.5, 0.6) is 5.75 Å². The third kappa shape index (κ3) is 6.74. The molecular weight excluding hydrogens is 278 g/mol. The van der Waals surface area contributed by atoms with Gasteiger partial charge in [-0.15, -0.1) is 0 Å². The van der Waals surface area contributed by atoms with E-state index in [2.05, 4.69) is 4.72 Å². The average molecular weight is 301 g/mol. The van der Waals surface area contributed by atoms with Gasteiger partial charge in [0.25, 0.3) is 0 Å². The highest BCUT2D eigenvalue weighted by molar-refractivity contribution is 7.89. The summed E-state index contributed by atoms with van der Waals surface area (Å²) in [5.41, 5.74) is 6.20. The summed E-state index contributed by atoms with van der Waals surface area (Å²) in [6.07, 6.45) is 0. The van der Waals surface area contributed by atoms with Gasteiger partial charge in [-0.05, 0) is 45.3 Å². The molecule has 1 aromatic rings. The Bertz CT molecular complexity index is 500. The standard InChI is InChI=1S/C13H23N3O3S/c1-11(10-16(2)3)15-20(17,18)9-8-19-13-6-4-12(14)5-7-13/h4-7,11,15H,8-10,14H2,1-3H3. The van der Waals surface area contributed by atoms with E-state index in [0.717, 1.165) is 0 Å². The Hall–Kier alpha value is -1.31. The predicted molar refractivity (Wildman–Crippen MR) is 81.3 cm³/mol. The third-order valence-electron chi connectivity index (χ3n) is 2.52. The Morgan fingerprint density at radius 2 is 1.90 bits per heavy atom. The van der Waals surface area contributed by atoms with E-state index in [0.29, 0.717) is 18.0 Å². The van der Waals surface area contributed by atoms with Crippen molar-refractivity contribution in [2.75, 3.05) is 38.7 Å². The normalized spacial score (nSPS) is 13.4. The zero-order valence-corrected chi connectivity index (χ0v) is 13.0. The molecule has 0 spiro atoms. The number of nitrogen functional groups attached to an aromatic ring is 1. The molecule has 1 atom stereocenters. The van der Waals surface area contributed by atoms with Gasteiger partial charge in [0.1, 0.15) is 12.4 Å². The summed E-state index contributed by atoms with van der Waals surface area (Å²) in [6.45, 7) is 2.59. The highest BCUT2D eigenvalue weighted by Gasteiger charge is 2.15. The van der Waals surface area contributed by atoms with E-state index in [1.165, 1.54) is 0 Å². The molecule has 7 heteroatoms. The van der Waals surface area contributed by atoms with Gasteiger partial charge in [0.05, 0.1) is 5.75 Å². The summed E-state index contributed by atoms with van der Waals surface area (Å²) < 4.78 is 31.7. The van der Waals surface area contributed by atoms with Gasteiger partial charge in [-0.2, -0.15) is 0 Å². The van der Waals surface area contributed by atoms with E-state index < -0.39 is 10.0 Å². The minimum absolute atomic E-state index is 0.0743. The van der Waals surface area contributed by atoms with E-state index in [-0.39, 0.29) is 18.4 Å². The van der Waals surface area contributed by atoms with E-state index in [1.54, 1.807) is 24.3 Å². The summed E-state index contributed by atoms with van der Waals surface area (Å²) in [4.78, 5) is 1.93.